The lowest BCUT2D eigenvalue weighted by Crippen LogP contribution is -1.30. The molecule has 2 nitrogen and oxygen atoms in total. The van der Waals surface area contributed by atoms with Gasteiger partial charge in [-0.05, 0) is 0 Å². The fourth-order valence-corrected chi connectivity index (χ4v) is 0.340. The van der Waals surface area contributed by atoms with Gasteiger partial charge in [0.05, 0.1) is 0 Å². The van der Waals surface area contributed by atoms with Crippen LogP contribution in [-0.2, 0) is 0 Å². The molecule has 0 aromatic carbocycles. The topological polar surface area (TPSA) is 24.7 Å². The molecule has 0 rings (SSSR count). The highest BCUT2D eigenvalue weighted by atomic mass is 35.7. The first-order valence-electron chi connectivity index (χ1n) is 1.06. The third-order valence-electron chi connectivity index (χ3n) is 0.138. The maximum Gasteiger partial charge on any atom is 0.121 e. The van der Waals surface area contributed by atoms with Crippen molar-refractivity contribution < 1.29 is 0 Å². The van der Waals surface area contributed by atoms with Gasteiger partial charge in [0.15, 0.2) is 0 Å². The molecule has 0 amide bonds. The summed E-state index contributed by atoms with van der Waals surface area (Å²) in [6, 6.07) is 0. The lowest BCUT2D eigenvalue weighted by Gasteiger charge is -1.64. The van der Waals surface area contributed by atoms with Crippen LogP contribution in [-0.4, -0.2) is 7.05 Å². The highest BCUT2D eigenvalue weighted by Crippen LogP contribution is 2.15. The molecule has 0 fully saturated rings. The average molecular weight is 110 g/mol. The molecule has 0 radical (unpaired) electrons. The Morgan fingerprint density at radius 1 is 1.80 bits per heavy atom. The molecule has 0 bridgehead atoms. The van der Waals surface area contributed by atoms with Gasteiger partial charge in [-0.3, -0.25) is 0 Å². The highest BCUT2D eigenvalue weighted by Gasteiger charge is 1.55. The van der Waals surface area contributed by atoms with Gasteiger partial charge in [0.25, 0.3) is 0 Å². The van der Waals surface area contributed by atoms with Crippen molar-refractivity contribution in [1.29, 1.82) is 0 Å². The van der Waals surface area contributed by atoms with E-state index in [9.17, 15) is 0 Å². The predicted octanol–water partition coefficient (Wildman–Crippen LogP) is 1.82. The van der Waals surface area contributed by atoms with E-state index in [1.54, 1.807) is 7.05 Å². The fraction of sp³-hybridized carbons (Fsp3) is 1.00. The van der Waals surface area contributed by atoms with E-state index in [0.717, 1.165) is 0 Å². The van der Waals surface area contributed by atoms with E-state index >= 15 is 0 Å². The zero-order valence-corrected chi connectivity index (χ0v) is 4.53. The van der Waals surface area contributed by atoms with E-state index in [2.05, 4.69) is 10.00 Å². The number of hydrogen-bond acceptors (Lipinski definition) is 2. The summed E-state index contributed by atoms with van der Waals surface area (Å²) < 4.78 is 0. The molecule has 0 spiro atoms. The first-order valence-corrected chi connectivity index (χ1v) is 3.02. The van der Waals surface area contributed by atoms with Crippen molar-refractivity contribution in [2.24, 2.45) is 10.00 Å². The van der Waals surface area contributed by atoms with Gasteiger partial charge in [-0.15, -0.1) is 0 Å². The minimum Gasteiger partial charge on any atom is -0.193 e. The molecule has 0 aliphatic heterocycles. The zero-order chi connectivity index (χ0) is 4.12. The second kappa shape index (κ2) is 4.32. The van der Waals surface area contributed by atoms with Crippen LogP contribution < -0.4 is 0 Å². The fourth-order valence-electron chi connectivity index (χ4n) is 0.0378. The van der Waals surface area contributed by atoms with Gasteiger partial charge in [-0.2, -0.15) is 10.00 Å². The smallest absolute Gasteiger partial charge is 0.121 e. The summed E-state index contributed by atoms with van der Waals surface area (Å²) in [5.41, 5.74) is 0. The minimum absolute atomic E-state index is 0.0883. The van der Waals surface area contributed by atoms with E-state index < -0.39 is 0 Å². The van der Waals surface area contributed by atoms with Crippen LogP contribution in [0.25, 0.3) is 0 Å². The van der Waals surface area contributed by atoms with Crippen LogP contribution in [0.5, 0.6) is 0 Å². The highest BCUT2D eigenvalue weighted by molar-refractivity contribution is 7.67. The second-order valence-corrected chi connectivity index (χ2v) is 1.26. The van der Waals surface area contributed by atoms with Gasteiger partial charge in [0.1, 0.15) is 8.08 Å². The van der Waals surface area contributed by atoms with Crippen LogP contribution in [0, 0.1) is 0 Å². The molecule has 0 heterocycles. The molecule has 0 N–H and O–H groups in total. The summed E-state index contributed by atoms with van der Waals surface area (Å²) in [6.45, 7) is 0. The average Bonchev–Trinajstić information content (AvgIpc) is 1.41. The van der Waals surface area contributed by atoms with Gasteiger partial charge in [-0.25, -0.2) is 0 Å². The normalized spacial score (nSPS) is 12.4. The van der Waals surface area contributed by atoms with E-state index in [0.29, 0.717) is 0 Å². The minimum atomic E-state index is 0.0883. The summed E-state index contributed by atoms with van der Waals surface area (Å²) in [5.74, 6) is 0. The maximum atomic E-state index is 5.07. The molecule has 0 saturated carbocycles. The van der Waals surface area contributed by atoms with Gasteiger partial charge in [0.2, 0.25) is 0 Å². The maximum absolute atomic E-state index is 5.07. The van der Waals surface area contributed by atoms with Crippen molar-refractivity contribution in [3.05, 3.63) is 0 Å². The van der Waals surface area contributed by atoms with E-state index in [4.69, 9.17) is 11.2 Å². The molecule has 0 aliphatic rings. The van der Waals surface area contributed by atoms with Crippen molar-refractivity contribution in [2.45, 2.75) is 0 Å². The molecule has 30 valence electrons. The Labute approximate surface area is 37.3 Å². The second-order valence-electron chi connectivity index (χ2n) is 0.385. The lowest BCUT2D eigenvalue weighted by molar-refractivity contribution is 1.26. The molecule has 5 heavy (non-hydrogen) atoms. The molecule has 0 aromatic rings. The van der Waals surface area contributed by atoms with Crippen molar-refractivity contribution in [3.8, 4) is 0 Å². The Morgan fingerprint density at radius 2 is 2.40 bits per heavy atom. The Hall–Kier alpha value is 0.320. The Bertz CT molecular complexity index is 36.6. The summed E-state index contributed by atoms with van der Waals surface area (Å²) >= 11 is 5.07. The monoisotopic (exact) mass is 110 g/mol. The molecule has 0 aliphatic carbocycles. The molecule has 1 atom stereocenters. The molecule has 0 aromatic heterocycles. The van der Waals surface area contributed by atoms with Gasteiger partial charge in [0, 0.05) is 7.05 Å². The van der Waals surface area contributed by atoms with Gasteiger partial charge in [-0.1, -0.05) is 11.2 Å². The molecular formula is CH4ClN2P. The largest absolute Gasteiger partial charge is 0.193 e. The quantitative estimate of drug-likeness (QED) is 0.363. The van der Waals surface area contributed by atoms with E-state index in [1.165, 1.54) is 0 Å². The van der Waals surface area contributed by atoms with Crippen LogP contribution in [0.1, 0.15) is 0 Å². The molecule has 1 unspecified atom stereocenters. The lowest BCUT2D eigenvalue weighted by atomic mass is 11.6. The first kappa shape index (κ1) is 5.32. The third-order valence-corrected chi connectivity index (χ3v) is 0.640. The SMILES string of the molecule is CN=NPCl. The van der Waals surface area contributed by atoms with Crippen molar-refractivity contribution in [3.63, 3.8) is 0 Å². The number of halogens is 1. The summed E-state index contributed by atoms with van der Waals surface area (Å²) in [5, 5.41) is 3.36. The number of hydrogen-bond donors (Lipinski definition) is 0. The van der Waals surface area contributed by atoms with E-state index in [-0.39, 0.29) is 8.08 Å². The molecular weight excluding hydrogens is 106 g/mol. The third kappa shape index (κ3) is 4.32. The van der Waals surface area contributed by atoms with Crippen LogP contribution >= 0.6 is 19.3 Å². The van der Waals surface area contributed by atoms with Crippen molar-refractivity contribution >= 4 is 19.3 Å². The standard InChI is InChI=1S/CH4ClN2P/c1-3-4-5-2/h5H,1H3. The Kier molecular flexibility index (Phi) is 4.60. The number of rotatable bonds is 1. The molecule has 0 saturated heterocycles. The first-order chi connectivity index (χ1) is 2.41. The zero-order valence-electron chi connectivity index (χ0n) is 2.77. The van der Waals surface area contributed by atoms with E-state index in [1.807, 2.05) is 0 Å². The Balaban J connectivity index is 2.62. The van der Waals surface area contributed by atoms with Gasteiger partial charge < -0.3 is 0 Å². The molecule has 4 heteroatoms. The van der Waals surface area contributed by atoms with Crippen LogP contribution in [0.4, 0.5) is 0 Å². The Morgan fingerprint density at radius 3 is 2.40 bits per heavy atom. The predicted molar refractivity (Wildman–Crippen MR) is 24.9 cm³/mol. The van der Waals surface area contributed by atoms with Crippen LogP contribution in [0.3, 0.4) is 0 Å². The summed E-state index contributed by atoms with van der Waals surface area (Å²) in [6.07, 6.45) is 0. The summed E-state index contributed by atoms with van der Waals surface area (Å²) in [7, 11) is 1.68. The van der Waals surface area contributed by atoms with Crippen molar-refractivity contribution in [2.75, 3.05) is 7.05 Å². The van der Waals surface area contributed by atoms with Crippen molar-refractivity contribution in [1.82, 2.24) is 0 Å². The van der Waals surface area contributed by atoms with Crippen LogP contribution in [0.2, 0.25) is 0 Å². The summed E-state index contributed by atoms with van der Waals surface area (Å²) in [4.78, 5) is 3.39. The van der Waals surface area contributed by atoms with Gasteiger partial charge >= 0.3 is 0 Å². The van der Waals surface area contributed by atoms with Crippen LogP contribution in [0.15, 0.2) is 10.00 Å². The number of nitrogens with zero attached hydrogens (tertiary/aromatic N) is 2.